The molecule has 1 aromatic rings. The van der Waals surface area contributed by atoms with Gasteiger partial charge in [-0.15, -0.1) is 0 Å². The molecule has 1 rings (SSSR count). The van der Waals surface area contributed by atoms with Crippen LogP contribution >= 0.6 is 0 Å². The Balaban J connectivity index is 2.27. The van der Waals surface area contributed by atoms with Crippen molar-refractivity contribution in [1.29, 1.82) is 0 Å². The molecule has 0 aliphatic heterocycles. The number of carbonyl (C=O) groups excluding carboxylic acids is 1. The summed E-state index contributed by atoms with van der Waals surface area (Å²) in [4.78, 5) is 19.4. The molecule has 1 amide bonds. The minimum atomic E-state index is -0.278. The van der Waals surface area contributed by atoms with E-state index in [2.05, 4.69) is 15.3 Å². The second-order valence-corrected chi connectivity index (χ2v) is 3.13. The first-order valence-electron chi connectivity index (χ1n) is 4.99. The lowest BCUT2D eigenvalue weighted by Crippen LogP contribution is -2.28. The second kappa shape index (κ2) is 6.86. The number of nitrogens with zero attached hydrogens (tertiary/aromatic N) is 2. The van der Waals surface area contributed by atoms with E-state index < -0.39 is 0 Å². The quantitative estimate of drug-likeness (QED) is 0.639. The topological polar surface area (TPSA) is 84.3 Å². The molecule has 0 radical (unpaired) electrons. The van der Waals surface area contributed by atoms with Crippen LogP contribution in [0.5, 0.6) is 0 Å². The minimum Gasteiger partial charge on any atom is -0.394 e. The Hall–Kier alpha value is -1.53. The van der Waals surface area contributed by atoms with Crippen molar-refractivity contribution in [1.82, 2.24) is 15.3 Å². The highest BCUT2D eigenvalue weighted by Gasteiger charge is 2.05. The summed E-state index contributed by atoms with van der Waals surface area (Å²) < 4.78 is 4.99. The fourth-order valence-electron chi connectivity index (χ4n) is 1.00. The van der Waals surface area contributed by atoms with Crippen LogP contribution in [-0.4, -0.2) is 47.3 Å². The molecule has 0 atom stereocenters. The third kappa shape index (κ3) is 4.33. The number of amides is 1. The van der Waals surface area contributed by atoms with Gasteiger partial charge in [0, 0.05) is 12.7 Å². The zero-order valence-electron chi connectivity index (χ0n) is 9.14. The molecule has 2 N–H and O–H groups in total. The third-order valence-electron chi connectivity index (χ3n) is 1.78. The van der Waals surface area contributed by atoms with E-state index in [4.69, 9.17) is 9.84 Å². The highest BCUT2D eigenvalue weighted by atomic mass is 16.5. The Bertz CT molecular complexity index is 327. The summed E-state index contributed by atoms with van der Waals surface area (Å²) in [7, 11) is 0. The molecule has 6 heteroatoms. The van der Waals surface area contributed by atoms with Crippen molar-refractivity contribution < 1.29 is 14.6 Å². The third-order valence-corrected chi connectivity index (χ3v) is 1.78. The smallest absolute Gasteiger partial charge is 0.271 e. The molecule has 0 fully saturated rings. The molecule has 0 spiro atoms. The normalized spacial score (nSPS) is 10.1. The van der Waals surface area contributed by atoms with E-state index in [1.54, 1.807) is 6.92 Å². The van der Waals surface area contributed by atoms with E-state index in [0.29, 0.717) is 13.2 Å². The van der Waals surface area contributed by atoms with Gasteiger partial charge in [0.1, 0.15) is 5.69 Å². The monoisotopic (exact) mass is 225 g/mol. The molecule has 0 saturated carbocycles. The molecule has 0 bridgehead atoms. The van der Waals surface area contributed by atoms with Gasteiger partial charge in [0.2, 0.25) is 0 Å². The molecule has 16 heavy (non-hydrogen) atoms. The Morgan fingerprint density at radius 2 is 2.25 bits per heavy atom. The summed E-state index contributed by atoms with van der Waals surface area (Å²) in [6.07, 6.45) is 2.97. The van der Waals surface area contributed by atoms with Crippen LogP contribution in [0.1, 0.15) is 16.2 Å². The molecular formula is C10H15N3O3. The lowest BCUT2D eigenvalue weighted by molar-refractivity contribution is 0.0835. The molecule has 0 aliphatic carbocycles. The van der Waals surface area contributed by atoms with E-state index in [9.17, 15) is 4.79 Å². The number of aromatic nitrogens is 2. The van der Waals surface area contributed by atoms with Crippen molar-refractivity contribution in [2.24, 2.45) is 0 Å². The van der Waals surface area contributed by atoms with E-state index >= 15 is 0 Å². The Morgan fingerprint density at radius 3 is 2.88 bits per heavy atom. The van der Waals surface area contributed by atoms with Crippen LogP contribution in [0.4, 0.5) is 0 Å². The van der Waals surface area contributed by atoms with Crippen LogP contribution < -0.4 is 5.32 Å². The van der Waals surface area contributed by atoms with Gasteiger partial charge in [0.15, 0.2) is 0 Å². The molecule has 6 nitrogen and oxygen atoms in total. The highest BCUT2D eigenvalue weighted by molar-refractivity contribution is 5.91. The van der Waals surface area contributed by atoms with E-state index in [-0.39, 0.29) is 24.8 Å². The number of nitrogens with one attached hydrogen (secondary N) is 1. The molecule has 88 valence electrons. The van der Waals surface area contributed by atoms with Crippen molar-refractivity contribution in [3.05, 3.63) is 23.8 Å². The Morgan fingerprint density at radius 1 is 1.44 bits per heavy atom. The largest absolute Gasteiger partial charge is 0.394 e. The molecule has 0 aliphatic rings. The zero-order valence-corrected chi connectivity index (χ0v) is 9.14. The molecule has 1 heterocycles. The molecule has 0 unspecified atom stereocenters. The fourth-order valence-corrected chi connectivity index (χ4v) is 1.00. The van der Waals surface area contributed by atoms with Gasteiger partial charge in [-0.1, -0.05) is 0 Å². The fraction of sp³-hybridized carbons (Fsp3) is 0.500. The van der Waals surface area contributed by atoms with Crippen molar-refractivity contribution in [3.8, 4) is 0 Å². The van der Waals surface area contributed by atoms with Gasteiger partial charge >= 0.3 is 0 Å². The van der Waals surface area contributed by atoms with Crippen molar-refractivity contribution in [2.45, 2.75) is 6.92 Å². The summed E-state index contributed by atoms with van der Waals surface area (Å²) >= 11 is 0. The number of hydrogen-bond donors (Lipinski definition) is 2. The van der Waals surface area contributed by atoms with Gasteiger partial charge in [-0.3, -0.25) is 9.78 Å². The summed E-state index contributed by atoms with van der Waals surface area (Å²) in [5, 5.41) is 11.1. The molecular weight excluding hydrogens is 210 g/mol. The summed E-state index contributed by atoms with van der Waals surface area (Å²) in [6, 6.07) is 0. The van der Waals surface area contributed by atoms with Crippen molar-refractivity contribution in [2.75, 3.05) is 26.4 Å². The minimum absolute atomic E-state index is 0.0165. The average molecular weight is 225 g/mol. The van der Waals surface area contributed by atoms with Gasteiger partial charge in [-0.25, -0.2) is 4.98 Å². The van der Waals surface area contributed by atoms with Crippen LogP contribution in [0.2, 0.25) is 0 Å². The van der Waals surface area contributed by atoms with Crippen LogP contribution in [0, 0.1) is 6.92 Å². The summed E-state index contributed by atoms with van der Waals surface area (Å²) in [6.45, 7) is 2.81. The summed E-state index contributed by atoms with van der Waals surface area (Å²) in [5.74, 6) is -0.278. The van der Waals surface area contributed by atoms with Gasteiger partial charge < -0.3 is 15.2 Å². The molecule has 0 aromatic carbocycles. The van der Waals surface area contributed by atoms with Crippen molar-refractivity contribution in [3.63, 3.8) is 0 Å². The summed E-state index contributed by atoms with van der Waals surface area (Å²) in [5.41, 5.74) is 1.05. The van der Waals surface area contributed by atoms with Crippen LogP contribution in [0.25, 0.3) is 0 Å². The SMILES string of the molecule is Cc1cnc(C(=O)NCCOCCO)cn1. The van der Waals surface area contributed by atoms with Crippen LogP contribution in [0.15, 0.2) is 12.4 Å². The van der Waals surface area contributed by atoms with Crippen LogP contribution in [-0.2, 0) is 4.74 Å². The predicted molar refractivity (Wildman–Crippen MR) is 57.0 cm³/mol. The number of hydrogen-bond acceptors (Lipinski definition) is 5. The lowest BCUT2D eigenvalue weighted by Gasteiger charge is -2.04. The predicted octanol–water partition coefficient (Wildman–Crippen LogP) is -0.476. The first-order chi connectivity index (χ1) is 7.74. The van der Waals surface area contributed by atoms with Gasteiger partial charge in [-0.05, 0) is 6.92 Å². The van der Waals surface area contributed by atoms with E-state index in [1.165, 1.54) is 12.4 Å². The lowest BCUT2D eigenvalue weighted by atomic mass is 10.4. The van der Waals surface area contributed by atoms with Gasteiger partial charge in [0.25, 0.3) is 5.91 Å². The van der Waals surface area contributed by atoms with Gasteiger partial charge in [0.05, 0.1) is 31.7 Å². The number of carbonyl (C=O) groups is 1. The molecule has 0 saturated heterocycles. The molecule has 1 aromatic heterocycles. The Labute approximate surface area is 93.7 Å². The highest BCUT2D eigenvalue weighted by Crippen LogP contribution is 1.93. The van der Waals surface area contributed by atoms with Crippen molar-refractivity contribution >= 4 is 5.91 Å². The zero-order chi connectivity index (χ0) is 11.8. The number of rotatable bonds is 6. The number of aliphatic hydroxyl groups excluding tert-OH is 1. The first-order valence-corrected chi connectivity index (χ1v) is 4.99. The van der Waals surface area contributed by atoms with Crippen LogP contribution in [0.3, 0.4) is 0 Å². The van der Waals surface area contributed by atoms with Gasteiger partial charge in [-0.2, -0.15) is 0 Å². The Kier molecular flexibility index (Phi) is 5.38. The second-order valence-electron chi connectivity index (χ2n) is 3.13. The average Bonchev–Trinajstić information content (AvgIpc) is 2.29. The maximum atomic E-state index is 11.5. The first kappa shape index (κ1) is 12.5. The number of aliphatic hydroxyl groups is 1. The maximum absolute atomic E-state index is 11.5. The van der Waals surface area contributed by atoms with E-state index in [1.807, 2.05) is 0 Å². The maximum Gasteiger partial charge on any atom is 0.271 e. The standard InChI is InChI=1S/C10H15N3O3/c1-8-6-13-9(7-12-8)10(15)11-2-4-16-5-3-14/h6-7,14H,2-5H2,1H3,(H,11,15). The number of ether oxygens (including phenoxy) is 1. The number of aryl methyl sites for hydroxylation is 1. The van der Waals surface area contributed by atoms with E-state index in [0.717, 1.165) is 5.69 Å².